The third-order valence-corrected chi connectivity index (χ3v) is 3.16. The molecule has 0 radical (unpaired) electrons. The van der Waals surface area contributed by atoms with Crippen molar-refractivity contribution in [2.24, 2.45) is 0 Å². The highest BCUT2D eigenvalue weighted by Crippen LogP contribution is 2.16. The third-order valence-electron chi connectivity index (χ3n) is 3.16. The summed E-state index contributed by atoms with van der Waals surface area (Å²) >= 11 is 0. The molecule has 0 saturated carbocycles. The van der Waals surface area contributed by atoms with Crippen LogP contribution in [-0.2, 0) is 6.42 Å². The molecule has 5 nitrogen and oxygen atoms in total. The predicted molar refractivity (Wildman–Crippen MR) is 84.3 cm³/mol. The summed E-state index contributed by atoms with van der Waals surface area (Å²) in [6, 6.07) is 7.72. The fourth-order valence-corrected chi connectivity index (χ4v) is 1.92. The Hall–Kier alpha value is -2.43. The molecule has 2 rings (SSSR count). The predicted octanol–water partition coefficient (Wildman–Crippen LogP) is 3.00. The molecule has 3 N–H and O–H groups in total. The first-order chi connectivity index (χ1) is 10.0. The Morgan fingerprint density at radius 2 is 2.14 bits per heavy atom. The number of nitrogen functional groups attached to an aromatic ring is 1. The Kier molecular flexibility index (Phi) is 4.52. The number of carbonyl (C=O) groups is 1. The molecule has 0 spiro atoms. The molecular formula is C16H20N4O. The molecule has 5 heteroatoms. The van der Waals surface area contributed by atoms with Gasteiger partial charge in [0.1, 0.15) is 5.82 Å². The maximum atomic E-state index is 12.3. The SMILES string of the molecule is CCc1cccc(NC(=O)c2nc(C(C)C)ncc2N)c1. The highest BCUT2D eigenvalue weighted by molar-refractivity contribution is 6.06. The molecule has 2 aromatic rings. The van der Waals surface area contributed by atoms with Crippen LogP contribution in [0.4, 0.5) is 11.4 Å². The van der Waals surface area contributed by atoms with Gasteiger partial charge in [0, 0.05) is 11.6 Å². The average Bonchev–Trinajstić information content (AvgIpc) is 2.47. The molecule has 1 heterocycles. The number of hydrogen-bond acceptors (Lipinski definition) is 4. The number of hydrogen-bond donors (Lipinski definition) is 2. The van der Waals surface area contributed by atoms with Gasteiger partial charge in [-0.15, -0.1) is 0 Å². The number of anilines is 2. The number of benzene rings is 1. The number of amides is 1. The van der Waals surface area contributed by atoms with E-state index in [1.165, 1.54) is 6.20 Å². The fraction of sp³-hybridized carbons (Fsp3) is 0.312. The van der Waals surface area contributed by atoms with E-state index < -0.39 is 0 Å². The number of aromatic nitrogens is 2. The van der Waals surface area contributed by atoms with Gasteiger partial charge in [0.15, 0.2) is 5.69 Å². The lowest BCUT2D eigenvalue weighted by atomic mass is 10.1. The molecule has 1 aromatic heterocycles. The second-order valence-corrected chi connectivity index (χ2v) is 5.19. The summed E-state index contributed by atoms with van der Waals surface area (Å²) in [6.45, 7) is 6.01. The molecule has 1 amide bonds. The Morgan fingerprint density at radius 3 is 2.81 bits per heavy atom. The summed E-state index contributed by atoms with van der Waals surface area (Å²) in [5, 5.41) is 2.83. The van der Waals surface area contributed by atoms with Gasteiger partial charge in [-0.2, -0.15) is 0 Å². The van der Waals surface area contributed by atoms with Crippen LogP contribution in [0.1, 0.15) is 48.6 Å². The number of nitrogens with two attached hydrogens (primary N) is 1. The summed E-state index contributed by atoms with van der Waals surface area (Å²) in [6.07, 6.45) is 2.40. The summed E-state index contributed by atoms with van der Waals surface area (Å²) in [5.74, 6) is 0.433. The maximum absolute atomic E-state index is 12.3. The van der Waals surface area contributed by atoms with E-state index in [0.29, 0.717) is 5.82 Å². The van der Waals surface area contributed by atoms with Crippen molar-refractivity contribution < 1.29 is 4.79 Å². The van der Waals surface area contributed by atoms with Gasteiger partial charge in [-0.3, -0.25) is 4.79 Å². The summed E-state index contributed by atoms with van der Waals surface area (Å²) in [5.41, 5.74) is 8.21. The highest BCUT2D eigenvalue weighted by Gasteiger charge is 2.15. The molecule has 0 unspecified atom stereocenters. The maximum Gasteiger partial charge on any atom is 0.276 e. The van der Waals surface area contributed by atoms with Crippen molar-refractivity contribution in [1.82, 2.24) is 9.97 Å². The molecule has 110 valence electrons. The van der Waals surface area contributed by atoms with Crippen LogP contribution in [0.25, 0.3) is 0 Å². The Labute approximate surface area is 124 Å². The number of nitrogens with zero attached hydrogens (tertiary/aromatic N) is 2. The van der Waals surface area contributed by atoms with Crippen LogP contribution < -0.4 is 11.1 Å². The van der Waals surface area contributed by atoms with Crippen LogP contribution in [0.15, 0.2) is 30.5 Å². The van der Waals surface area contributed by atoms with E-state index in [2.05, 4.69) is 22.2 Å². The van der Waals surface area contributed by atoms with Crippen molar-refractivity contribution in [3.63, 3.8) is 0 Å². The Morgan fingerprint density at radius 1 is 1.38 bits per heavy atom. The number of nitrogens with one attached hydrogen (secondary N) is 1. The monoisotopic (exact) mass is 284 g/mol. The van der Waals surface area contributed by atoms with Crippen molar-refractivity contribution in [3.05, 3.63) is 47.5 Å². The molecule has 21 heavy (non-hydrogen) atoms. The Balaban J connectivity index is 2.25. The quantitative estimate of drug-likeness (QED) is 0.904. The second kappa shape index (κ2) is 6.35. The van der Waals surface area contributed by atoms with Crippen molar-refractivity contribution in [1.29, 1.82) is 0 Å². The molecule has 1 aromatic carbocycles. The zero-order valence-electron chi connectivity index (χ0n) is 12.6. The second-order valence-electron chi connectivity index (χ2n) is 5.19. The zero-order chi connectivity index (χ0) is 15.4. The van der Waals surface area contributed by atoms with Crippen LogP contribution in [0, 0.1) is 0 Å². The number of carbonyl (C=O) groups excluding carboxylic acids is 1. The van der Waals surface area contributed by atoms with Gasteiger partial charge in [-0.05, 0) is 24.1 Å². The van der Waals surface area contributed by atoms with Gasteiger partial charge in [0.2, 0.25) is 0 Å². The first-order valence-electron chi connectivity index (χ1n) is 7.04. The van der Waals surface area contributed by atoms with Gasteiger partial charge in [0.25, 0.3) is 5.91 Å². The topological polar surface area (TPSA) is 80.9 Å². The molecule has 0 aliphatic heterocycles. The van der Waals surface area contributed by atoms with Crippen LogP contribution in [0.3, 0.4) is 0 Å². The van der Waals surface area contributed by atoms with E-state index in [4.69, 9.17) is 5.73 Å². The molecule has 0 aliphatic rings. The highest BCUT2D eigenvalue weighted by atomic mass is 16.1. The van der Waals surface area contributed by atoms with Crippen molar-refractivity contribution in [2.45, 2.75) is 33.1 Å². The minimum Gasteiger partial charge on any atom is -0.396 e. The number of rotatable bonds is 4. The van der Waals surface area contributed by atoms with Gasteiger partial charge < -0.3 is 11.1 Å². The van der Waals surface area contributed by atoms with Gasteiger partial charge in [-0.25, -0.2) is 9.97 Å². The van der Waals surface area contributed by atoms with E-state index in [9.17, 15) is 4.79 Å². The van der Waals surface area contributed by atoms with Gasteiger partial charge in [0.05, 0.1) is 11.9 Å². The largest absolute Gasteiger partial charge is 0.396 e. The smallest absolute Gasteiger partial charge is 0.276 e. The van der Waals surface area contributed by atoms with Crippen molar-refractivity contribution in [2.75, 3.05) is 11.1 Å². The minimum absolute atomic E-state index is 0.139. The van der Waals surface area contributed by atoms with E-state index in [1.54, 1.807) is 0 Å². The molecule has 0 saturated heterocycles. The van der Waals surface area contributed by atoms with Crippen LogP contribution in [0.2, 0.25) is 0 Å². The zero-order valence-corrected chi connectivity index (χ0v) is 12.6. The lowest BCUT2D eigenvalue weighted by Gasteiger charge is -2.10. The van der Waals surface area contributed by atoms with Crippen LogP contribution in [-0.4, -0.2) is 15.9 Å². The van der Waals surface area contributed by atoms with Crippen molar-refractivity contribution >= 4 is 17.3 Å². The van der Waals surface area contributed by atoms with E-state index in [-0.39, 0.29) is 23.2 Å². The van der Waals surface area contributed by atoms with Crippen molar-refractivity contribution in [3.8, 4) is 0 Å². The van der Waals surface area contributed by atoms with E-state index in [1.807, 2.05) is 38.1 Å². The summed E-state index contributed by atoms with van der Waals surface area (Å²) in [4.78, 5) is 20.7. The first-order valence-corrected chi connectivity index (χ1v) is 7.04. The molecule has 0 atom stereocenters. The lowest BCUT2D eigenvalue weighted by Crippen LogP contribution is -2.18. The first kappa shape index (κ1) is 15.0. The standard InChI is InChI=1S/C16H20N4O/c1-4-11-6-5-7-12(8-11)19-16(21)14-13(17)9-18-15(20-14)10(2)3/h5-10H,4,17H2,1-3H3,(H,19,21). The van der Waals surface area contributed by atoms with Gasteiger partial charge >= 0.3 is 0 Å². The summed E-state index contributed by atoms with van der Waals surface area (Å²) < 4.78 is 0. The number of aryl methyl sites for hydroxylation is 1. The normalized spacial score (nSPS) is 10.7. The van der Waals surface area contributed by atoms with E-state index in [0.717, 1.165) is 17.7 Å². The summed E-state index contributed by atoms with van der Waals surface area (Å²) in [7, 11) is 0. The van der Waals surface area contributed by atoms with E-state index >= 15 is 0 Å². The molecule has 0 aliphatic carbocycles. The van der Waals surface area contributed by atoms with Crippen LogP contribution >= 0.6 is 0 Å². The molecule has 0 fully saturated rings. The van der Waals surface area contributed by atoms with Crippen LogP contribution in [0.5, 0.6) is 0 Å². The van der Waals surface area contributed by atoms with Gasteiger partial charge in [-0.1, -0.05) is 32.9 Å². The minimum atomic E-state index is -0.315. The molecular weight excluding hydrogens is 264 g/mol. The Bertz CT molecular complexity index is 652. The third kappa shape index (κ3) is 3.56. The lowest BCUT2D eigenvalue weighted by molar-refractivity contribution is 0.102. The molecule has 0 bridgehead atoms. The fourth-order valence-electron chi connectivity index (χ4n) is 1.92. The average molecular weight is 284 g/mol.